The van der Waals surface area contributed by atoms with E-state index in [0.29, 0.717) is 22.3 Å². The fourth-order valence-electron chi connectivity index (χ4n) is 1.83. The number of benzene rings is 2. The molecular formula is C14H14Cl2N2O2S. The molecule has 2 rings (SSSR count). The number of nitrogens with one attached hydrogen (secondary N) is 2. The van der Waals surface area contributed by atoms with Gasteiger partial charge in [0.15, 0.2) is 0 Å². The zero-order chi connectivity index (χ0) is 15.5. The Balaban J connectivity index is 2.27. The van der Waals surface area contributed by atoms with Crippen molar-refractivity contribution in [1.29, 1.82) is 0 Å². The number of para-hydroxylation sites is 1. The minimum Gasteiger partial charge on any atom is -0.380 e. The summed E-state index contributed by atoms with van der Waals surface area (Å²) in [5, 5.41) is 4.22. The number of sulfonamides is 1. The molecule has 0 amide bonds. The summed E-state index contributed by atoms with van der Waals surface area (Å²) < 4.78 is 26.2. The molecule has 0 saturated heterocycles. The standard InChI is InChI=1S/C14H14Cl2N2O2S/c1-17-21(19,20)14-5-3-2-4-13(14)18-9-10-8-11(15)6-7-12(10)16/h2-8,17-18H,9H2,1H3. The number of anilines is 1. The average Bonchev–Trinajstić information content (AvgIpc) is 2.48. The van der Waals surface area contributed by atoms with Crippen molar-refractivity contribution >= 4 is 38.9 Å². The van der Waals surface area contributed by atoms with Crippen LogP contribution in [0.4, 0.5) is 5.69 Å². The van der Waals surface area contributed by atoms with Gasteiger partial charge in [0.2, 0.25) is 10.0 Å². The molecule has 7 heteroatoms. The van der Waals surface area contributed by atoms with E-state index in [9.17, 15) is 8.42 Å². The van der Waals surface area contributed by atoms with E-state index in [4.69, 9.17) is 23.2 Å². The van der Waals surface area contributed by atoms with Crippen LogP contribution in [0.2, 0.25) is 10.0 Å². The summed E-state index contributed by atoms with van der Waals surface area (Å²) in [6.45, 7) is 0.371. The van der Waals surface area contributed by atoms with E-state index in [2.05, 4.69) is 10.0 Å². The maximum Gasteiger partial charge on any atom is 0.242 e. The minimum absolute atomic E-state index is 0.186. The van der Waals surface area contributed by atoms with Gasteiger partial charge in [0.25, 0.3) is 0 Å². The van der Waals surface area contributed by atoms with Crippen molar-refractivity contribution in [1.82, 2.24) is 4.72 Å². The molecule has 0 heterocycles. The van der Waals surface area contributed by atoms with Crippen LogP contribution in [0.15, 0.2) is 47.4 Å². The Labute approximate surface area is 134 Å². The molecule has 4 nitrogen and oxygen atoms in total. The van der Waals surface area contributed by atoms with E-state index in [-0.39, 0.29) is 4.90 Å². The molecule has 2 N–H and O–H groups in total. The number of hydrogen-bond donors (Lipinski definition) is 2. The maximum absolute atomic E-state index is 12.0. The summed E-state index contributed by atoms with van der Waals surface area (Å²) in [4.78, 5) is 0.186. The van der Waals surface area contributed by atoms with Crippen LogP contribution in [0.5, 0.6) is 0 Å². The summed E-state index contributed by atoms with van der Waals surface area (Å²) in [6.07, 6.45) is 0. The summed E-state index contributed by atoms with van der Waals surface area (Å²) >= 11 is 12.0. The third-order valence-corrected chi connectivity index (χ3v) is 5.00. The summed E-state index contributed by atoms with van der Waals surface area (Å²) in [7, 11) is -2.15. The van der Waals surface area contributed by atoms with Crippen LogP contribution in [0.1, 0.15) is 5.56 Å². The summed E-state index contributed by atoms with van der Waals surface area (Å²) in [5.41, 5.74) is 1.30. The fourth-order valence-corrected chi connectivity index (χ4v) is 3.11. The first kappa shape index (κ1) is 16.1. The third kappa shape index (κ3) is 3.89. The lowest BCUT2D eigenvalue weighted by Crippen LogP contribution is -2.20. The van der Waals surface area contributed by atoms with Gasteiger partial charge in [-0.05, 0) is 42.9 Å². The van der Waals surface area contributed by atoms with Gasteiger partial charge < -0.3 is 5.32 Å². The highest BCUT2D eigenvalue weighted by Crippen LogP contribution is 2.24. The van der Waals surface area contributed by atoms with Crippen molar-refractivity contribution < 1.29 is 8.42 Å². The van der Waals surface area contributed by atoms with E-state index >= 15 is 0 Å². The average molecular weight is 345 g/mol. The summed E-state index contributed by atoms with van der Waals surface area (Å²) in [5.74, 6) is 0. The van der Waals surface area contributed by atoms with Crippen LogP contribution in [0.25, 0.3) is 0 Å². The molecule has 0 unspecified atom stereocenters. The molecule has 0 saturated carbocycles. The molecule has 0 atom stereocenters. The van der Waals surface area contributed by atoms with Crippen LogP contribution >= 0.6 is 23.2 Å². The molecule has 0 aromatic heterocycles. The van der Waals surface area contributed by atoms with Gasteiger partial charge >= 0.3 is 0 Å². The predicted molar refractivity (Wildman–Crippen MR) is 86.5 cm³/mol. The highest BCUT2D eigenvalue weighted by molar-refractivity contribution is 7.89. The maximum atomic E-state index is 12.0. The Kier molecular flexibility index (Phi) is 5.11. The quantitative estimate of drug-likeness (QED) is 0.872. The van der Waals surface area contributed by atoms with E-state index < -0.39 is 10.0 Å². The van der Waals surface area contributed by atoms with E-state index in [0.717, 1.165) is 5.56 Å². The van der Waals surface area contributed by atoms with Crippen LogP contribution in [-0.2, 0) is 16.6 Å². The number of rotatable bonds is 5. The van der Waals surface area contributed by atoms with Crippen molar-refractivity contribution in [2.75, 3.05) is 12.4 Å². The van der Waals surface area contributed by atoms with Crippen molar-refractivity contribution in [3.8, 4) is 0 Å². The molecule has 0 aliphatic heterocycles. The normalized spacial score (nSPS) is 11.4. The molecule has 0 aliphatic rings. The SMILES string of the molecule is CNS(=O)(=O)c1ccccc1NCc1cc(Cl)ccc1Cl. The minimum atomic E-state index is -3.52. The number of hydrogen-bond acceptors (Lipinski definition) is 3. The Morgan fingerprint density at radius 1 is 1.10 bits per heavy atom. The molecule has 21 heavy (non-hydrogen) atoms. The lowest BCUT2D eigenvalue weighted by Gasteiger charge is -2.13. The second-order valence-electron chi connectivity index (χ2n) is 4.29. The molecule has 0 fully saturated rings. The second-order valence-corrected chi connectivity index (χ2v) is 6.99. The Morgan fingerprint density at radius 3 is 2.52 bits per heavy atom. The van der Waals surface area contributed by atoms with Crippen molar-refractivity contribution in [3.63, 3.8) is 0 Å². The largest absolute Gasteiger partial charge is 0.380 e. The van der Waals surface area contributed by atoms with E-state index in [1.54, 1.807) is 36.4 Å². The second kappa shape index (κ2) is 6.66. The van der Waals surface area contributed by atoms with Crippen LogP contribution in [0.3, 0.4) is 0 Å². The summed E-state index contributed by atoms with van der Waals surface area (Å²) in [6, 6.07) is 11.8. The first-order chi connectivity index (χ1) is 9.94. The third-order valence-electron chi connectivity index (χ3n) is 2.92. The molecule has 0 bridgehead atoms. The lowest BCUT2D eigenvalue weighted by molar-refractivity contribution is 0.588. The zero-order valence-electron chi connectivity index (χ0n) is 11.2. The first-order valence-corrected chi connectivity index (χ1v) is 8.38. The molecule has 2 aromatic rings. The van der Waals surface area contributed by atoms with Gasteiger partial charge in [-0.15, -0.1) is 0 Å². The monoisotopic (exact) mass is 344 g/mol. The van der Waals surface area contributed by atoms with Crippen LogP contribution in [-0.4, -0.2) is 15.5 Å². The van der Waals surface area contributed by atoms with Crippen molar-refractivity contribution in [2.45, 2.75) is 11.4 Å². The molecule has 0 spiro atoms. The van der Waals surface area contributed by atoms with Gasteiger partial charge in [0, 0.05) is 16.6 Å². The topological polar surface area (TPSA) is 58.2 Å². The van der Waals surface area contributed by atoms with Gasteiger partial charge in [-0.1, -0.05) is 35.3 Å². The van der Waals surface area contributed by atoms with Gasteiger partial charge in [0.1, 0.15) is 4.90 Å². The van der Waals surface area contributed by atoms with E-state index in [1.165, 1.54) is 13.1 Å². The van der Waals surface area contributed by atoms with E-state index in [1.807, 2.05) is 0 Å². The molecule has 0 aliphatic carbocycles. The molecule has 0 radical (unpaired) electrons. The van der Waals surface area contributed by atoms with Gasteiger partial charge in [0.05, 0.1) is 5.69 Å². The highest BCUT2D eigenvalue weighted by Gasteiger charge is 2.15. The molecule has 112 valence electrons. The van der Waals surface area contributed by atoms with Crippen LogP contribution in [0, 0.1) is 0 Å². The zero-order valence-corrected chi connectivity index (χ0v) is 13.6. The fraction of sp³-hybridized carbons (Fsp3) is 0.143. The van der Waals surface area contributed by atoms with Gasteiger partial charge in [-0.2, -0.15) is 0 Å². The number of halogens is 2. The van der Waals surface area contributed by atoms with Gasteiger partial charge in [-0.25, -0.2) is 13.1 Å². The van der Waals surface area contributed by atoms with Crippen LogP contribution < -0.4 is 10.0 Å². The van der Waals surface area contributed by atoms with Crippen molar-refractivity contribution in [3.05, 3.63) is 58.1 Å². The Morgan fingerprint density at radius 2 is 1.81 bits per heavy atom. The molecule has 2 aromatic carbocycles. The Bertz CT molecular complexity index is 748. The lowest BCUT2D eigenvalue weighted by atomic mass is 10.2. The Hall–Kier alpha value is -1.27. The molecular weight excluding hydrogens is 331 g/mol. The highest BCUT2D eigenvalue weighted by atomic mass is 35.5. The smallest absolute Gasteiger partial charge is 0.242 e. The predicted octanol–water partition coefficient (Wildman–Crippen LogP) is 3.51. The first-order valence-electron chi connectivity index (χ1n) is 6.14. The van der Waals surface area contributed by atoms with Gasteiger partial charge in [-0.3, -0.25) is 0 Å². The van der Waals surface area contributed by atoms with Crippen molar-refractivity contribution in [2.24, 2.45) is 0 Å².